The highest BCUT2D eigenvalue weighted by atomic mass is 32.2. The lowest BCUT2D eigenvalue weighted by Gasteiger charge is -2.11. The van der Waals surface area contributed by atoms with E-state index >= 15 is 0 Å². The second kappa shape index (κ2) is 5.81. The van der Waals surface area contributed by atoms with E-state index in [0.29, 0.717) is 22.6 Å². The molecule has 6 heteroatoms. The Balaban J connectivity index is 2.26. The number of nitrogens with zero attached hydrogens (tertiary/aromatic N) is 2. The Morgan fingerprint density at radius 2 is 1.95 bits per heavy atom. The van der Waals surface area contributed by atoms with Gasteiger partial charge >= 0.3 is 0 Å². The van der Waals surface area contributed by atoms with Crippen LogP contribution >= 0.6 is 11.8 Å². The van der Waals surface area contributed by atoms with E-state index < -0.39 is 5.91 Å². The van der Waals surface area contributed by atoms with Crippen LogP contribution in [0, 0.1) is 0 Å². The molecule has 0 radical (unpaired) electrons. The quantitative estimate of drug-likeness (QED) is 0.455. The molecule has 1 aromatic heterocycles. The van der Waals surface area contributed by atoms with Gasteiger partial charge < -0.3 is 5.73 Å². The largest absolute Gasteiger partial charge is 0.369 e. The Hall–Kier alpha value is -2.34. The number of aromatic nitrogens is 2. The lowest BCUT2D eigenvalue weighted by Crippen LogP contribution is -2.23. The van der Waals surface area contributed by atoms with Crippen LogP contribution in [0.15, 0.2) is 46.3 Å². The van der Waals surface area contributed by atoms with Crippen LogP contribution in [0.1, 0.15) is 6.92 Å². The number of nitrogens with two attached hydrogens (primary N) is 1. The molecule has 0 aliphatic heterocycles. The molecule has 0 atom stereocenters. The number of carbonyl (C=O) groups excluding carboxylic acids is 1. The van der Waals surface area contributed by atoms with Gasteiger partial charge in [0.05, 0.1) is 16.7 Å². The molecule has 0 saturated heterocycles. The van der Waals surface area contributed by atoms with Gasteiger partial charge in [-0.05, 0) is 29.8 Å². The third kappa shape index (κ3) is 2.57. The Labute approximate surface area is 131 Å². The van der Waals surface area contributed by atoms with Gasteiger partial charge in [0.2, 0.25) is 5.91 Å². The summed E-state index contributed by atoms with van der Waals surface area (Å²) in [6.07, 6.45) is 0. The summed E-state index contributed by atoms with van der Waals surface area (Å²) in [5, 5.41) is 3.15. The van der Waals surface area contributed by atoms with Gasteiger partial charge in [0.25, 0.3) is 5.56 Å². The molecule has 0 saturated carbocycles. The molecule has 0 aliphatic rings. The monoisotopic (exact) mass is 313 g/mol. The van der Waals surface area contributed by atoms with Gasteiger partial charge in [-0.3, -0.25) is 14.2 Å². The Bertz CT molecular complexity index is 934. The number of rotatable bonds is 4. The van der Waals surface area contributed by atoms with E-state index in [2.05, 4.69) is 4.98 Å². The Morgan fingerprint density at radius 1 is 1.27 bits per heavy atom. The van der Waals surface area contributed by atoms with Crippen molar-refractivity contribution in [1.82, 2.24) is 9.55 Å². The molecule has 0 unspecified atom stereocenters. The highest BCUT2D eigenvalue weighted by Gasteiger charge is 2.12. The first-order valence-electron chi connectivity index (χ1n) is 6.94. The summed E-state index contributed by atoms with van der Waals surface area (Å²) >= 11 is 1.19. The zero-order valence-corrected chi connectivity index (χ0v) is 12.9. The zero-order valence-electron chi connectivity index (χ0n) is 12.1. The summed E-state index contributed by atoms with van der Waals surface area (Å²) in [6.45, 7) is 2.37. The molecule has 5 nitrogen and oxygen atoms in total. The fraction of sp³-hybridized carbons (Fsp3) is 0.188. The van der Waals surface area contributed by atoms with E-state index in [1.807, 2.05) is 43.3 Å². The van der Waals surface area contributed by atoms with E-state index in [1.54, 1.807) is 4.57 Å². The van der Waals surface area contributed by atoms with Crippen LogP contribution in [-0.4, -0.2) is 21.2 Å². The minimum absolute atomic E-state index is 0.0924. The summed E-state index contributed by atoms with van der Waals surface area (Å²) in [5.74, 6) is -0.327. The van der Waals surface area contributed by atoms with Crippen LogP contribution in [0.25, 0.3) is 21.7 Å². The first-order valence-corrected chi connectivity index (χ1v) is 7.93. The number of thioether (sulfide) groups is 1. The van der Waals surface area contributed by atoms with Gasteiger partial charge in [-0.25, -0.2) is 4.98 Å². The predicted molar refractivity (Wildman–Crippen MR) is 89.1 cm³/mol. The van der Waals surface area contributed by atoms with Crippen molar-refractivity contribution >= 4 is 39.3 Å². The fourth-order valence-electron chi connectivity index (χ4n) is 2.41. The second-order valence-corrected chi connectivity index (χ2v) is 5.86. The van der Waals surface area contributed by atoms with E-state index in [9.17, 15) is 9.59 Å². The molecule has 0 bridgehead atoms. The van der Waals surface area contributed by atoms with Crippen molar-refractivity contribution in [2.45, 2.75) is 18.6 Å². The molecule has 22 heavy (non-hydrogen) atoms. The van der Waals surface area contributed by atoms with Crippen LogP contribution in [0.5, 0.6) is 0 Å². The number of hydrogen-bond donors (Lipinski definition) is 1. The van der Waals surface area contributed by atoms with Crippen molar-refractivity contribution in [3.63, 3.8) is 0 Å². The maximum atomic E-state index is 12.7. The molecular weight excluding hydrogens is 298 g/mol. The van der Waals surface area contributed by atoms with E-state index in [1.165, 1.54) is 11.8 Å². The lowest BCUT2D eigenvalue weighted by molar-refractivity contribution is -0.115. The molecule has 0 fully saturated rings. The van der Waals surface area contributed by atoms with E-state index in [-0.39, 0.29) is 11.3 Å². The smallest absolute Gasteiger partial charge is 0.262 e. The van der Waals surface area contributed by atoms with Crippen molar-refractivity contribution in [2.24, 2.45) is 5.73 Å². The average molecular weight is 313 g/mol. The molecule has 2 N–H and O–H groups in total. The van der Waals surface area contributed by atoms with Crippen molar-refractivity contribution in [3.8, 4) is 0 Å². The number of fused-ring (bicyclic) bond motifs is 2. The van der Waals surface area contributed by atoms with Gasteiger partial charge in [0.15, 0.2) is 5.16 Å². The minimum Gasteiger partial charge on any atom is -0.369 e. The van der Waals surface area contributed by atoms with Crippen LogP contribution in [0.3, 0.4) is 0 Å². The summed E-state index contributed by atoms with van der Waals surface area (Å²) in [4.78, 5) is 28.2. The first-order chi connectivity index (χ1) is 10.6. The van der Waals surface area contributed by atoms with Gasteiger partial charge in [-0.1, -0.05) is 36.0 Å². The first kappa shape index (κ1) is 14.6. The number of carbonyl (C=O) groups is 1. The van der Waals surface area contributed by atoms with Crippen molar-refractivity contribution in [3.05, 3.63) is 46.8 Å². The van der Waals surface area contributed by atoms with E-state index in [4.69, 9.17) is 5.73 Å². The Morgan fingerprint density at radius 3 is 2.59 bits per heavy atom. The van der Waals surface area contributed by atoms with Gasteiger partial charge in [-0.15, -0.1) is 0 Å². The van der Waals surface area contributed by atoms with Crippen LogP contribution in [0.4, 0.5) is 0 Å². The summed E-state index contributed by atoms with van der Waals surface area (Å²) < 4.78 is 1.57. The number of hydrogen-bond acceptors (Lipinski definition) is 4. The molecule has 0 aliphatic carbocycles. The highest BCUT2D eigenvalue weighted by Crippen LogP contribution is 2.22. The standard InChI is InChI=1S/C16H15N3O2S/c1-2-19-15(21)12-7-10-5-3-4-6-11(10)8-13(12)18-16(19)22-9-14(17)20/h3-8H,2,9H2,1H3,(H2,17,20). The van der Waals surface area contributed by atoms with Crippen molar-refractivity contribution < 1.29 is 4.79 Å². The van der Waals surface area contributed by atoms with Crippen molar-refractivity contribution in [1.29, 1.82) is 0 Å². The highest BCUT2D eigenvalue weighted by molar-refractivity contribution is 7.99. The molecule has 1 amide bonds. The van der Waals surface area contributed by atoms with E-state index in [0.717, 1.165) is 10.8 Å². The molecule has 1 heterocycles. The Kier molecular flexibility index (Phi) is 3.85. The van der Waals surface area contributed by atoms with Gasteiger partial charge in [0.1, 0.15) is 0 Å². The third-order valence-corrected chi connectivity index (χ3v) is 4.45. The second-order valence-electron chi connectivity index (χ2n) is 4.92. The van der Waals surface area contributed by atoms with Gasteiger partial charge in [-0.2, -0.15) is 0 Å². The zero-order chi connectivity index (χ0) is 15.7. The van der Waals surface area contributed by atoms with Crippen LogP contribution in [-0.2, 0) is 11.3 Å². The summed E-state index contributed by atoms with van der Waals surface area (Å²) in [5.41, 5.74) is 5.73. The lowest BCUT2D eigenvalue weighted by atomic mass is 10.1. The molecule has 0 spiro atoms. The predicted octanol–water partition coefficient (Wildman–Crippen LogP) is 2.15. The van der Waals surface area contributed by atoms with Crippen LogP contribution < -0.4 is 11.3 Å². The number of benzene rings is 2. The minimum atomic E-state index is -0.430. The third-order valence-electron chi connectivity index (χ3n) is 3.45. The maximum absolute atomic E-state index is 12.7. The number of amides is 1. The molecule has 3 aromatic rings. The average Bonchev–Trinajstić information content (AvgIpc) is 2.51. The summed E-state index contributed by atoms with van der Waals surface area (Å²) in [7, 11) is 0. The van der Waals surface area contributed by atoms with Crippen LogP contribution in [0.2, 0.25) is 0 Å². The topological polar surface area (TPSA) is 78.0 Å². The maximum Gasteiger partial charge on any atom is 0.262 e. The molecule has 3 rings (SSSR count). The summed E-state index contributed by atoms with van der Waals surface area (Å²) in [6, 6.07) is 11.6. The molecular formula is C16H15N3O2S. The molecule has 112 valence electrons. The van der Waals surface area contributed by atoms with Crippen molar-refractivity contribution in [2.75, 3.05) is 5.75 Å². The number of primary amides is 1. The normalized spacial score (nSPS) is 11.1. The SMILES string of the molecule is CCn1c(SCC(N)=O)nc2cc3ccccc3cc2c1=O. The van der Waals surface area contributed by atoms with Gasteiger partial charge in [0, 0.05) is 6.54 Å². The fourth-order valence-corrected chi connectivity index (χ4v) is 3.21. The molecule has 2 aromatic carbocycles.